The van der Waals surface area contributed by atoms with Gasteiger partial charge in [0, 0.05) is 12.4 Å². The summed E-state index contributed by atoms with van der Waals surface area (Å²) in [5.41, 5.74) is 5.44. The van der Waals surface area contributed by atoms with Gasteiger partial charge in [-0.2, -0.15) is 0 Å². The third kappa shape index (κ3) is 1.09. The SMILES string of the molecule is NCc1nnc2ncc(Br)cn12. The molecule has 0 aliphatic carbocycles. The van der Waals surface area contributed by atoms with Gasteiger partial charge in [-0.3, -0.25) is 4.40 Å². The lowest BCUT2D eigenvalue weighted by Crippen LogP contribution is -2.02. The Balaban J connectivity index is 2.75. The first-order chi connectivity index (χ1) is 5.81. The van der Waals surface area contributed by atoms with E-state index in [2.05, 4.69) is 31.1 Å². The van der Waals surface area contributed by atoms with Gasteiger partial charge in [0.05, 0.1) is 11.0 Å². The van der Waals surface area contributed by atoms with E-state index in [-0.39, 0.29) is 0 Å². The van der Waals surface area contributed by atoms with Gasteiger partial charge in [0.2, 0.25) is 0 Å². The van der Waals surface area contributed by atoms with Crippen molar-refractivity contribution < 1.29 is 0 Å². The van der Waals surface area contributed by atoms with Crippen LogP contribution in [0.1, 0.15) is 5.82 Å². The predicted octanol–water partition coefficient (Wildman–Crippen LogP) is 0.345. The summed E-state index contributed by atoms with van der Waals surface area (Å²) >= 11 is 3.30. The number of nitrogens with two attached hydrogens (primary N) is 1. The summed E-state index contributed by atoms with van der Waals surface area (Å²) in [7, 11) is 0. The molecule has 2 aromatic rings. The Morgan fingerprint density at radius 3 is 3.08 bits per heavy atom. The summed E-state index contributed by atoms with van der Waals surface area (Å²) in [6.07, 6.45) is 3.51. The van der Waals surface area contributed by atoms with E-state index in [0.717, 1.165) is 4.47 Å². The van der Waals surface area contributed by atoms with E-state index in [1.807, 2.05) is 6.20 Å². The van der Waals surface area contributed by atoms with Crippen molar-refractivity contribution in [1.82, 2.24) is 19.6 Å². The minimum atomic E-state index is 0.360. The fraction of sp³-hybridized carbons (Fsp3) is 0.167. The molecule has 0 unspecified atom stereocenters. The minimum absolute atomic E-state index is 0.360. The van der Waals surface area contributed by atoms with Gasteiger partial charge in [-0.1, -0.05) is 0 Å². The molecule has 12 heavy (non-hydrogen) atoms. The van der Waals surface area contributed by atoms with Crippen molar-refractivity contribution in [3.05, 3.63) is 22.7 Å². The Morgan fingerprint density at radius 2 is 2.33 bits per heavy atom. The number of nitrogens with zero attached hydrogens (tertiary/aromatic N) is 4. The molecule has 0 aliphatic rings. The van der Waals surface area contributed by atoms with Gasteiger partial charge in [-0.25, -0.2) is 4.98 Å². The fourth-order valence-corrected chi connectivity index (χ4v) is 1.26. The fourth-order valence-electron chi connectivity index (χ4n) is 0.950. The summed E-state index contributed by atoms with van der Waals surface area (Å²) in [6, 6.07) is 0. The van der Waals surface area contributed by atoms with Gasteiger partial charge >= 0.3 is 0 Å². The normalized spacial score (nSPS) is 10.8. The maximum atomic E-state index is 5.44. The third-order valence-electron chi connectivity index (χ3n) is 1.49. The van der Waals surface area contributed by atoms with Gasteiger partial charge in [0.1, 0.15) is 0 Å². The van der Waals surface area contributed by atoms with E-state index in [1.54, 1.807) is 10.6 Å². The van der Waals surface area contributed by atoms with Gasteiger partial charge in [0.25, 0.3) is 5.78 Å². The van der Waals surface area contributed by atoms with Crippen LogP contribution in [0.2, 0.25) is 0 Å². The Morgan fingerprint density at radius 1 is 1.50 bits per heavy atom. The summed E-state index contributed by atoms with van der Waals surface area (Å²) in [4.78, 5) is 4.04. The van der Waals surface area contributed by atoms with Crippen molar-refractivity contribution in [2.45, 2.75) is 6.54 Å². The van der Waals surface area contributed by atoms with Crippen LogP contribution in [0.25, 0.3) is 5.78 Å². The molecule has 0 amide bonds. The van der Waals surface area contributed by atoms with Gasteiger partial charge in [-0.15, -0.1) is 10.2 Å². The number of rotatable bonds is 1. The average Bonchev–Trinajstić information content (AvgIpc) is 2.46. The summed E-state index contributed by atoms with van der Waals surface area (Å²) < 4.78 is 2.63. The molecule has 0 spiro atoms. The van der Waals surface area contributed by atoms with Gasteiger partial charge in [-0.05, 0) is 15.9 Å². The standard InChI is InChI=1S/C6H6BrN5/c7-4-2-9-6-11-10-5(1-8)12(6)3-4/h2-3H,1,8H2. The van der Waals surface area contributed by atoms with E-state index in [4.69, 9.17) is 5.73 Å². The van der Waals surface area contributed by atoms with Gasteiger partial charge in [0.15, 0.2) is 5.82 Å². The maximum Gasteiger partial charge on any atom is 0.255 e. The monoisotopic (exact) mass is 227 g/mol. The second-order valence-electron chi connectivity index (χ2n) is 2.26. The van der Waals surface area contributed by atoms with E-state index < -0.39 is 0 Å². The van der Waals surface area contributed by atoms with Gasteiger partial charge < -0.3 is 5.73 Å². The number of halogens is 1. The molecule has 2 N–H and O–H groups in total. The Hall–Kier alpha value is -1.01. The second kappa shape index (κ2) is 2.80. The van der Waals surface area contributed by atoms with E-state index >= 15 is 0 Å². The van der Waals surface area contributed by atoms with Crippen LogP contribution in [0.15, 0.2) is 16.9 Å². The molecule has 2 rings (SSSR count). The zero-order valence-corrected chi connectivity index (χ0v) is 7.69. The lowest BCUT2D eigenvalue weighted by Gasteiger charge is -1.94. The highest BCUT2D eigenvalue weighted by atomic mass is 79.9. The highest BCUT2D eigenvalue weighted by molar-refractivity contribution is 9.10. The maximum absolute atomic E-state index is 5.44. The molecule has 0 bridgehead atoms. The molecule has 0 saturated carbocycles. The highest BCUT2D eigenvalue weighted by Crippen LogP contribution is 2.08. The number of aromatic nitrogens is 4. The molecule has 0 fully saturated rings. The van der Waals surface area contributed by atoms with Crippen molar-refractivity contribution in [2.24, 2.45) is 5.73 Å². The van der Waals surface area contributed by atoms with E-state index in [1.165, 1.54) is 0 Å². The molecular weight excluding hydrogens is 222 g/mol. The quantitative estimate of drug-likeness (QED) is 0.764. The Labute approximate surface area is 76.7 Å². The lowest BCUT2D eigenvalue weighted by atomic mass is 10.6. The lowest BCUT2D eigenvalue weighted by molar-refractivity contribution is 0.879. The predicted molar refractivity (Wildman–Crippen MR) is 46.4 cm³/mol. The molecule has 2 heterocycles. The average molecular weight is 228 g/mol. The molecular formula is C6H6BrN5. The van der Waals surface area contributed by atoms with Crippen molar-refractivity contribution in [1.29, 1.82) is 0 Å². The Kier molecular flexibility index (Phi) is 1.78. The second-order valence-corrected chi connectivity index (χ2v) is 3.18. The first-order valence-corrected chi connectivity index (χ1v) is 4.16. The first kappa shape index (κ1) is 7.63. The van der Waals surface area contributed by atoms with Crippen molar-refractivity contribution in [2.75, 3.05) is 0 Å². The molecule has 0 aliphatic heterocycles. The van der Waals surface area contributed by atoms with E-state index in [0.29, 0.717) is 18.1 Å². The molecule has 0 saturated heterocycles. The van der Waals surface area contributed by atoms with Crippen LogP contribution in [0.4, 0.5) is 0 Å². The van der Waals surface area contributed by atoms with Crippen molar-refractivity contribution in [3.63, 3.8) is 0 Å². The molecule has 2 aromatic heterocycles. The van der Waals surface area contributed by atoms with Crippen molar-refractivity contribution in [3.8, 4) is 0 Å². The minimum Gasteiger partial charge on any atom is -0.324 e. The largest absolute Gasteiger partial charge is 0.324 e. The van der Waals surface area contributed by atoms with Crippen molar-refractivity contribution >= 4 is 21.7 Å². The topological polar surface area (TPSA) is 69.1 Å². The zero-order chi connectivity index (χ0) is 8.55. The molecule has 62 valence electrons. The van der Waals surface area contributed by atoms with Crippen LogP contribution in [0, 0.1) is 0 Å². The number of hydrogen-bond acceptors (Lipinski definition) is 4. The molecule has 5 nitrogen and oxygen atoms in total. The zero-order valence-electron chi connectivity index (χ0n) is 6.11. The first-order valence-electron chi connectivity index (χ1n) is 3.36. The van der Waals surface area contributed by atoms with Crippen LogP contribution in [0.5, 0.6) is 0 Å². The third-order valence-corrected chi connectivity index (χ3v) is 1.90. The van der Waals surface area contributed by atoms with Crippen LogP contribution >= 0.6 is 15.9 Å². The number of hydrogen-bond donors (Lipinski definition) is 1. The van der Waals surface area contributed by atoms with Crippen LogP contribution in [-0.4, -0.2) is 19.6 Å². The summed E-state index contributed by atoms with van der Waals surface area (Å²) in [5, 5.41) is 7.69. The summed E-state index contributed by atoms with van der Waals surface area (Å²) in [5.74, 6) is 1.28. The molecule has 0 aromatic carbocycles. The summed E-state index contributed by atoms with van der Waals surface area (Å²) in [6.45, 7) is 0.360. The van der Waals surface area contributed by atoms with Crippen LogP contribution in [-0.2, 0) is 6.54 Å². The molecule has 0 radical (unpaired) electrons. The van der Waals surface area contributed by atoms with Crippen LogP contribution < -0.4 is 5.73 Å². The number of fused-ring (bicyclic) bond motifs is 1. The highest BCUT2D eigenvalue weighted by Gasteiger charge is 2.03. The van der Waals surface area contributed by atoms with E-state index in [9.17, 15) is 0 Å². The van der Waals surface area contributed by atoms with Crippen LogP contribution in [0.3, 0.4) is 0 Å². The molecule has 6 heteroatoms. The Bertz CT molecular complexity index is 409. The smallest absolute Gasteiger partial charge is 0.255 e. The molecule has 0 atom stereocenters.